The van der Waals surface area contributed by atoms with Crippen molar-refractivity contribution in [1.82, 2.24) is 0 Å². The molecule has 0 nitrogen and oxygen atoms in total. The van der Waals surface area contributed by atoms with Gasteiger partial charge in [-0.3, -0.25) is 0 Å². The maximum absolute atomic E-state index is 2.35. The van der Waals surface area contributed by atoms with Gasteiger partial charge in [0.2, 0.25) is 0 Å². The maximum Gasteiger partial charge on any atom is 0.0525 e. The molecule has 2 unspecified atom stereocenters. The summed E-state index contributed by atoms with van der Waals surface area (Å²) in [5.74, 6) is 0.781. The first-order chi connectivity index (χ1) is 4.76. The van der Waals surface area contributed by atoms with Crippen molar-refractivity contribution in [2.24, 2.45) is 5.92 Å². The molecule has 2 atom stereocenters. The highest BCUT2D eigenvalue weighted by Gasteiger charge is 2.54. The molecule has 2 aliphatic rings. The average Bonchev–Trinajstić information content (AvgIpc) is 2.61. The summed E-state index contributed by atoms with van der Waals surface area (Å²) in [4.78, 5) is 0. The molecule has 1 saturated heterocycles. The lowest BCUT2D eigenvalue weighted by Crippen LogP contribution is -2.19. The lowest BCUT2D eigenvalue weighted by molar-refractivity contribution is 0.570. The van der Waals surface area contributed by atoms with E-state index in [9.17, 15) is 0 Å². The van der Waals surface area contributed by atoms with Crippen LogP contribution in [0.4, 0.5) is 0 Å². The Hall–Kier alpha value is -0.170. The predicted molar refractivity (Wildman–Crippen MR) is 47.2 cm³/mol. The summed E-state index contributed by atoms with van der Waals surface area (Å²) >= 11 is 2.08. The third-order valence-corrected chi connectivity index (χ3v) is 4.19. The van der Waals surface area contributed by atoms with Gasteiger partial charge in [-0.25, -0.2) is 0 Å². The normalized spacial score (nSPS) is 42.1. The monoisotopic (exact) mass is 152 g/mol. The highest BCUT2D eigenvalue weighted by molar-refractivity contribution is 8.09. The number of hydrogen-bond acceptors (Lipinski definition) is 1. The van der Waals surface area contributed by atoms with Gasteiger partial charge in [0.05, 0.1) is 4.75 Å². The van der Waals surface area contributed by atoms with Crippen LogP contribution in [0.1, 0.15) is 13.8 Å². The molecule has 54 valence electrons. The van der Waals surface area contributed by atoms with Crippen molar-refractivity contribution in [3.8, 4) is 0 Å². The Balaban J connectivity index is 2.23. The predicted octanol–water partition coefficient (Wildman–Crippen LogP) is 2.62. The molecule has 1 heterocycles. The molecular formula is C9H12S. The van der Waals surface area contributed by atoms with E-state index in [1.165, 1.54) is 0 Å². The summed E-state index contributed by atoms with van der Waals surface area (Å²) in [7, 11) is 0. The summed E-state index contributed by atoms with van der Waals surface area (Å²) in [6, 6.07) is 0. The van der Waals surface area contributed by atoms with Crippen molar-refractivity contribution in [2.45, 2.75) is 23.8 Å². The number of hydrogen-bond donors (Lipinski definition) is 0. The molecule has 0 aromatic heterocycles. The van der Waals surface area contributed by atoms with E-state index in [2.05, 4.69) is 49.9 Å². The van der Waals surface area contributed by atoms with Gasteiger partial charge in [-0.2, -0.15) is 0 Å². The summed E-state index contributed by atoms with van der Waals surface area (Å²) in [6.45, 7) is 4.60. The Morgan fingerprint density at radius 2 is 2.20 bits per heavy atom. The summed E-state index contributed by atoms with van der Waals surface area (Å²) in [5, 5.41) is 0.789. The van der Waals surface area contributed by atoms with Crippen LogP contribution in [-0.2, 0) is 0 Å². The van der Waals surface area contributed by atoms with E-state index in [-0.39, 0.29) is 0 Å². The molecular weight excluding hydrogens is 140 g/mol. The Bertz CT molecular complexity index is 203. The second-order valence-electron chi connectivity index (χ2n) is 3.29. The van der Waals surface area contributed by atoms with Crippen molar-refractivity contribution >= 4 is 11.8 Å². The second-order valence-corrected chi connectivity index (χ2v) is 4.74. The fourth-order valence-corrected chi connectivity index (χ4v) is 2.94. The molecule has 0 N–H and O–H groups in total. The highest BCUT2D eigenvalue weighted by atomic mass is 32.2. The first-order valence-electron chi connectivity index (χ1n) is 3.79. The van der Waals surface area contributed by atoms with Crippen molar-refractivity contribution in [3.05, 3.63) is 24.3 Å². The lowest BCUT2D eigenvalue weighted by atomic mass is 9.90. The number of thioether (sulfide) groups is 1. The van der Waals surface area contributed by atoms with E-state index in [1.54, 1.807) is 0 Å². The van der Waals surface area contributed by atoms with Crippen LogP contribution >= 0.6 is 11.8 Å². The van der Waals surface area contributed by atoms with Crippen LogP contribution in [0, 0.1) is 5.92 Å². The van der Waals surface area contributed by atoms with E-state index in [4.69, 9.17) is 0 Å². The fourth-order valence-electron chi connectivity index (χ4n) is 1.54. The summed E-state index contributed by atoms with van der Waals surface area (Å²) in [6.07, 6.45) is 9.00. The third kappa shape index (κ3) is 0.701. The van der Waals surface area contributed by atoms with Gasteiger partial charge in [0.15, 0.2) is 0 Å². The minimum atomic E-state index is 0.495. The molecule has 0 saturated carbocycles. The van der Waals surface area contributed by atoms with Gasteiger partial charge in [0, 0.05) is 5.25 Å². The minimum Gasteiger partial charge on any atom is -0.140 e. The van der Waals surface area contributed by atoms with Crippen molar-refractivity contribution < 1.29 is 0 Å². The molecule has 1 fully saturated rings. The molecule has 1 heteroatoms. The zero-order valence-corrected chi connectivity index (χ0v) is 7.19. The van der Waals surface area contributed by atoms with Gasteiger partial charge in [0.1, 0.15) is 0 Å². The molecule has 0 aromatic carbocycles. The zero-order valence-electron chi connectivity index (χ0n) is 6.37. The molecule has 0 bridgehead atoms. The molecule has 0 amide bonds. The Morgan fingerprint density at radius 3 is 2.70 bits per heavy atom. The van der Waals surface area contributed by atoms with E-state index in [1.807, 2.05) is 0 Å². The van der Waals surface area contributed by atoms with Crippen LogP contribution in [-0.4, -0.2) is 10.00 Å². The molecule has 1 aliphatic heterocycles. The molecule has 10 heavy (non-hydrogen) atoms. The van der Waals surface area contributed by atoms with Gasteiger partial charge in [-0.1, -0.05) is 38.2 Å². The third-order valence-electron chi connectivity index (χ3n) is 2.37. The summed E-state index contributed by atoms with van der Waals surface area (Å²) in [5.41, 5.74) is 0. The maximum atomic E-state index is 2.35. The first kappa shape index (κ1) is 6.53. The van der Waals surface area contributed by atoms with Gasteiger partial charge >= 0.3 is 0 Å². The average molecular weight is 152 g/mol. The Kier molecular flexibility index (Phi) is 1.25. The minimum absolute atomic E-state index is 0.495. The molecule has 0 aromatic rings. The van der Waals surface area contributed by atoms with Crippen molar-refractivity contribution in [2.75, 3.05) is 0 Å². The van der Waals surface area contributed by atoms with E-state index in [0.29, 0.717) is 4.75 Å². The van der Waals surface area contributed by atoms with Crippen LogP contribution in [0.15, 0.2) is 24.3 Å². The second kappa shape index (κ2) is 1.91. The molecule has 0 spiro atoms. The van der Waals surface area contributed by atoms with Gasteiger partial charge in [-0.05, 0) is 5.92 Å². The number of rotatable bonds is 1. The van der Waals surface area contributed by atoms with Gasteiger partial charge < -0.3 is 0 Å². The number of allylic oxidation sites excluding steroid dienone is 2. The highest BCUT2D eigenvalue weighted by Crippen LogP contribution is 2.60. The summed E-state index contributed by atoms with van der Waals surface area (Å²) < 4.78 is 0.495. The van der Waals surface area contributed by atoms with Crippen LogP contribution in [0.5, 0.6) is 0 Å². The van der Waals surface area contributed by atoms with E-state index < -0.39 is 0 Å². The van der Waals surface area contributed by atoms with Crippen molar-refractivity contribution in [3.63, 3.8) is 0 Å². The lowest BCUT2D eigenvalue weighted by Gasteiger charge is -2.15. The topological polar surface area (TPSA) is 0 Å². The van der Waals surface area contributed by atoms with Crippen LogP contribution < -0.4 is 0 Å². The quantitative estimate of drug-likeness (QED) is 0.520. The Morgan fingerprint density at radius 1 is 1.40 bits per heavy atom. The Labute approximate surface area is 66.4 Å². The van der Waals surface area contributed by atoms with E-state index >= 15 is 0 Å². The standard InChI is InChI=1S/C9H12S/c1-7(2)9-6-4-3-5-8(9)10-9/h3-8H,1-2H3. The van der Waals surface area contributed by atoms with Crippen LogP contribution in [0.3, 0.4) is 0 Å². The van der Waals surface area contributed by atoms with Gasteiger partial charge in [-0.15, -0.1) is 11.8 Å². The van der Waals surface area contributed by atoms with Crippen LogP contribution in [0.2, 0.25) is 0 Å². The smallest absolute Gasteiger partial charge is 0.0525 e. The molecule has 1 aliphatic carbocycles. The van der Waals surface area contributed by atoms with E-state index in [0.717, 1.165) is 11.2 Å². The first-order valence-corrected chi connectivity index (χ1v) is 4.67. The zero-order chi connectivity index (χ0) is 7.19. The SMILES string of the molecule is CC(C)C12C=CC=CC1S2. The van der Waals surface area contributed by atoms with Crippen molar-refractivity contribution in [1.29, 1.82) is 0 Å². The largest absolute Gasteiger partial charge is 0.140 e. The van der Waals surface area contributed by atoms with Crippen LogP contribution in [0.25, 0.3) is 0 Å². The molecule has 0 radical (unpaired) electrons. The number of fused-ring (bicyclic) bond motifs is 1. The van der Waals surface area contributed by atoms with Gasteiger partial charge in [0.25, 0.3) is 0 Å². The fraction of sp³-hybridized carbons (Fsp3) is 0.556. The molecule has 2 rings (SSSR count).